The fourth-order valence-electron chi connectivity index (χ4n) is 1.02. The minimum absolute atomic E-state index is 0.225. The lowest BCUT2D eigenvalue weighted by atomic mass is 10.4. The average molecular weight is 199 g/mol. The summed E-state index contributed by atoms with van der Waals surface area (Å²) in [7, 11) is 0. The number of aromatic nitrogens is 1. The molecule has 0 unspecified atom stereocenters. The van der Waals surface area contributed by atoms with Crippen molar-refractivity contribution in [1.82, 2.24) is 4.98 Å². The number of thioether (sulfide) groups is 1. The van der Waals surface area contributed by atoms with Crippen molar-refractivity contribution in [3.8, 4) is 5.75 Å². The third-order valence-corrected chi connectivity index (χ3v) is 2.58. The first-order valence-corrected chi connectivity index (χ1v) is 5.38. The molecule has 0 atom stereocenters. The van der Waals surface area contributed by atoms with E-state index in [1.54, 1.807) is 6.20 Å². The second-order valence-corrected chi connectivity index (χ2v) is 3.82. The molecule has 1 aromatic rings. The Morgan fingerprint density at radius 2 is 2.31 bits per heavy atom. The molecule has 1 saturated carbocycles. The molecule has 0 amide bonds. The smallest absolute Gasteiger partial charge is 0.184 e. The zero-order valence-electron chi connectivity index (χ0n) is 7.29. The van der Waals surface area contributed by atoms with Crippen molar-refractivity contribution >= 4 is 11.8 Å². The topological polar surface area (TPSA) is 22.1 Å². The quantitative estimate of drug-likeness (QED) is 0.698. The number of hydrogen-bond acceptors (Lipinski definition) is 3. The Bertz CT molecular complexity index is 314. The number of pyridine rings is 1. The third-order valence-electron chi connectivity index (χ3n) is 1.85. The fourth-order valence-corrected chi connectivity index (χ4v) is 1.51. The lowest BCUT2D eigenvalue weighted by Crippen LogP contribution is -2.00. The van der Waals surface area contributed by atoms with Crippen LogP contribution in [0.2, 0.25) is 0 Å². The molecule has 1 aromatic heterocycles. The Morgan fingerprint density at radius 3 is 2.92 bits per heavy atom. The van der Waals surface area contributed by atoms with Gasteiger partial charge in [-0.1, -0.05) is 0 Å². The van der Waals surface area contributed by atoms with Gasteiger partial charge in [-0.3, -0.25) is 4.98 Å². The number of halogens is 1. The molecule has 2 rings (SSSR count). The van der Waals surface area contributed by atoms with E-state index in [4.69, 9.17) is 4.74 Å². The molecule has 0 radical (unpaired) electrons. The van der Waals surface area contributed by atoms with Gasteiger partial charge in [-0.25, -0.2) is 4.39 Å². The molecule has 1 aliphatic rings. The Morgan fingerprint density at radius 1 is 1.54 bits per heavy atom. The zero-order valence-corrected chi connectivity index (χ0v) is 8.10. The SMILES string of the molecule is CSc1cncc(F)c1OC1CC1. The van der Waals surface area contributed by atoms with Gasteiger partial charge in [-0.2, -0.15) is 0 Å². The minimum atomic E-state index is -0.362. The maximum absolute atomic E-state index is 13.2. The standard InChI is InChI=1S/C9H10FNOS/c1-13-8-5-11-4-7(10)9(8)12-6-2-3-6/h4-6H,2-3H2,1H3. The summed E-state index contributed by atoms with van der Waals surface area (Å²) in [5, 5.41) is 0. The van der Waals surface area contributed by atoms with Crippen LogP contribution in [0.5, 0.6) is 5.75 Å². The van der Waals surface area contributed by atoms with E-state index in [1.165, 1.54) is 18.0 Å². The van der Waals surface area contributed by atoms with Crippen LogP contribution in [0.3, 0.4) is 0 Å². The van der Waals surface area contributed by atoms with Gasteiger partial charge in [0.05, 0.1) is 17.2 Å². The maximum atomic E-state index is 13.2. The van der Waals surface area contributed by atoms with Crippen LogP contribution in [-0.2, 0) is 0 Å². The molecular weight excluding hydrogens is 189 g/mol. The number of nitrogens with zero attached hydrogens (tertiary/aromatic N) is 1. The normalized spacial score (nSPS) is 15.8. The van der Waals surface area contributed by atoms with Gasteiger partial charge in [0.15, 0.2) is 11.6 Å². The minimum Gasteiger partial charge on any atom is -0.486 e. The van der Waals surface area contributed by atoms with Gasteiger partial charge in [0.25, 0.3) is 0 Å². The maximum Gasteiger partial charge on any atom is 0.184 e. The first-order valence-electron chi connectivity index (χ1n) is 4.15. The molecule has 13 heavy (non-hydrogen) atoms. The molecule has 1 aliphatic carbocycles. The van der Waals surface area contributed by atoms with E-state index in [1.807, 2.05) is 6.26 Å². The van der Waals surface area contributed by atoms with E-state index >= 15 is 0 Å². The van der Waals surface area contributed by atoms with Crippen molar-refractivity contribution in [2.45, 2.75) is 23.8 Å². The Kier molecular flexibility index (Phi) is 2.40. The molecular formula is C9H10FNOS. The number of rotatable bonds is 3. The van der Waals surface area contributed by atoms with E-state index in [9.17, 15) is 4.39 Å². The van der Waals surface area contributed by atoms with Crippen LogP contribution in [-0.4, -0.2) is 17.3 Å². The largest absolute Gasteiger partial charge is 0.486 e. The lowest BCUT2D eigenvalue weighted by molar-refractivity contribution is 0.279. The van der Waals surface area contributed by atoms with Gasteiger partial charge in [-0.05, 0) is 19.1 Å². The van der Waals surface area contributed by atoms with Crippen LogP contribution in [0.1, 0.15) is 12.8 Å². The highest BCUT2D eigenvalue weighted by Crippen LogP contribution is 2.34. The molecule has 70 valence electrons. The molecule has 0 aromatic carbocycles. The van der Waals surface area contributed by atoms with E-state index in [0.29, 0.717) is 5.75 Å². The summed E-state index contributed by atoms with van der Waals surface area (Å²) in [6.07, 6.45) is 7.01. The molecule has 0 bridgehead atoms. The molecule has 1 fully saturated rings. The summed E-state index contributed by atoms with van der Waals surface area (Å²) < 4.78 is 18.7. The van der Waals surface area contributed by atoms with E-state index in [2.05, 4.69) is 4.98 Å². The summed E-state index contributed by atoms with van der Waals surface area (Å²) in [5.41, 5.74) is 0. The molecule has 0 N–H and O–H groups in total. The van der Waals surface area contributed by atoms with Crippen LogP contribution >= 0.6 is 11.8 Å². The Balaban J connectivity index is 2.27. The second kappa shape index (κ2) is 3.54. The van der Waals surface area contributed by atoms with Gasteiger partial charge < -0.3 is 4.74 Å². The first-order chi connectivity index (χ1) is 6.31. The van der Waals surface area contributed by atoms with Gasteiger partial charge in [0.1, 0.15) is 0 Å². The van der Waals surface area contributed by atoms with Crippen molar-refractivity contribution in [2.24, 2.45) is 0 Å². The molecule has 0 spiro atoms. The highest BCUT2D eigenvalue weighted by Gasteiger charge is 2.26. The zero-order chi connectivity index (χ0) is 9.26. The lowest BCUT2D eigenvalue weighted by Gasteiger charge is -2.08. The number of ether oxygens (including phenoxy) is 1. The molecule has 0 aliphatic heterocycles. The summed E-state index contributed by atoms with van der Waals surface area (Å²) >= 11 is 1.45. The van der Waals surface area contributed by atoms with Crippen molar-refractivity contribution in [3.63, 3.8) is 0 Å². The van der Waals surface area contributed by atoms with E-state index in [-0.39, 0.29) is 11.9 Å². The summed E-state index contributed by atoms with van der Waals surface area (Å²) in [5.74, 6) is 0.00347. The van der Waals surface area contributed by atoms with Crippen LogP contribution in [0, 0.1) is 5.82 Å². The summed E-state index contributed by atoms with van der Waals surface area (Å²) in [6.45, 7) is 0. The van der Waals surface area contributed by atoms with Crippen molar-refractivity contribution in [2.75, 3.05) is 6.26 Å². The molecule has 2 nitrogen and oxygen atoms in total. The Labute approximate surface area is 80.5 Å². The van der Waals surface area contributed by atoms with Gasteiger partial charge >= 0.3 is 0 Å². The predicted molar refractivity (Wildman–Crippen MR) is 49.6 cm³/mol. The first kappa shape index (κ1) is 8.81. The second-order valence-electron chi connectivity index (χ2n) is 2.97. The van der Waals surface area contributed by atoms with E-state index < -0.39 is 0 Å². The van der Waals surface area contributed by atoms with E-state index in [0.717, 1.165) is 17.7 Å². The van der Waals surface area contributed by atoms with Gasteiger partial charge in [0.2, 0.25) is 0 Å². The highest BCUT2D eigenvalue weighted by molar-refractivity contribution is 7.98. The van der Waals surface area contributed by atoms with Crippen molar-refractivity contribution < 1.29 is 9.13 Å². The van der Waals surface area contributed by atoms with Crippen LogP contribution in [0.4, 0.5) is 4.39 Å². The molecule has 1 heterocycles. The third kappa shape index (κ3) is 1.94. The van der Waals surface area contributed by atoms with Crippen molar-refractivity contribution in [3.05, 3.63) is 18.2 Å². The average Bonchev–Trinajstić information content (AvgIpc) is 2.92. The molecule has 4 heteroatoms. The predicted octanol–water partition coefficient (Wildman–Crippen LogP) is 2.48. The number of hydrogen-bond donors (Lipinski definition) is 0. The monoisotopic (exact) mass is 199 g/mol. The van der Waals surface area contributed by atoms with Crippen LogP contribution < -0.4 is 4.74 Å². The highest BCUT2D eigenvalue weighted by atomic mass is 32.2. The summed E-state index contributed by atoms with van der Waals surface area (Å²) in [4.78, 5) is 4.54. The molecule has 0 saturated heterocycles. The summed E-state index contributed by atoms with van der Waals surface area (Å²) in [6, 6.07) is 0. The van der Waals surface area contributed by atoms with Crippen molar-refractivity contribution in [1.29, 1.82) is 0 Å². The van der Waals surface area contributed by atoms with Crippen LogP contribution in [0.25, 0.3) is 0 Å². The van der Waals surface area contributed by atoms with Crippen LogP contribution in [0.15, 0.2) is 17.3 Å². The van der Waals surface area contributed by atoms with Gasteiger partial charge in [0, 0.05) is 6.20 Å². The Hall–Kier alpha value is -0.770. The van der Waals surface area contributed by atoms with Gasteiger partial charge in [-0.15, -0.1) is 11.8 Å². The fraction of sp³-hybridized carbons (Fsp3) is 0.444.